The van der Waals surface area contributed by atoms with Crippen molar-refractivity contribution >= 4 is 37.6 Å². The van der Waals surface area contributed by atoms with Gasteiger partial charge in [0.05, 0.1) is 0 Å². The summed E-state index contributed by atoms with van der Waals surface area (Å²) in [5, 5.41) is 13.7. The molecule has 0 bridgehead atoms. The molecule has 0 fully saturated rings. The monoisotopic (exact) mass is 324 g/mol. The molecular weight excluding hydrogens is 315 g/mol. The number of anilines is 1. The van der Waals surface area contributed by atoms with E-state index >= 15 is 0 Å². The maximum atomic E-state index is 10.5. The maximum absolute atomic E-state index is 10.5. The molecule has 0 unspecified atom stereocenters. The molecule has 0 aliphatic heterocycles. The van der Waals surface area contributed by atoms with E-state index in [1.807, 2.05) is 18.2 Å². The molecule has 0 radical (unpaired) electrons. The average Bonchev–Trinajstić information content (AvgIpc) is 3.05. The number of nitro groups is 1. The molecule has 0 aliphatic carbocycles. The van der Waals surface area contributed by atoms with Gasteiger partial charge in [0, 0.05) is 0 Å². The zero-order valence-corrected chi connectivity index (χ0v) is 11.3. The summed E-state index contributed by atoms with van der Waals surface area (Å²) < 4.78 is 13.7. The van der Waals surface area contributed by atoms with Gasteiger partial charge in [-0.3, -0.25) is 0 Å². The Hall–Kier alpha value is -2.18. The van der Waals surface area contributed by atoms with Crippen LogP contribution in [0.2, 0.25) is 0 Å². The normalized spacial score (nSPS) is 10.7. The van der Waals surface area contributed by atoms with Crippen molar-refractivity contribution in [2.75, 3.05) is 5.32 Å². The van der Waals surface area contributed by atoms with Crippen LogP contribution in [0.25, 0.3) is 11.0 Å². The molecule has 0 saturated carbocycles. The van der Waals surface area contributed by atoms with E-state index in [-0.39, 0.29) is 20.8 Å². The first kappa shape index (κ1) is 11.9. The Balaban J connectivity index is 1.78. The van der Waals surface area contributed by atoms with Gasteiger partial charge >= 0.3 is 113 Å². The fourth-order valence-corrected chi connectivity index (χ4v) is 2.84. The molecule has 0 aliphatic rings. The van der Waals surface area contributed by atoms with Crippen LogP contribution in [0, 0.1) is 10.1 Å². The van der Waals surface area contributed by atoms with E-state index in [1.165, 1.54) is 6.07 Å². The van der Waals surface area contributed by atoms with Gasteiger partial charge in [-0.1, -0.05) is 0 Å². The number of hydrogen-bond donors (Lipinski definition) is 1. The third-order valence-electron chi connectivity index (χ3n) is 2.57. The van der Waals surface area contributed by atoms with Crippen molar-refractivity contribution < 1.29 is 9.34 Å². The SMILES string of the molecule is O=[N+]([O-])c1ccc(CNc2cccc3n[se]nc23)o1. The number of aromatic nitrogens is 2. The molecule has 0 saturated heterocycles. The van der Waals surface area contributed by atoms with Gasteiger partial charge < -0.3 is 0 Å². The topological polar surface area (TPSA) is 94.1 Å². The summed E-state index contributed by atoms with van der Waals surface area (Å²) in [6.45, 7) is 0.368. The number of nitrogens with one attached hydrogen (secondary N) is 1. The first-order valence-corrected chi connectivity index (χ1v) is 6.95. The summed E-state index contributed by atoms with van der Waals surface area (Å²) in [6, 6.07) is 8.63. The first-order valence-electron chi connectivity index (χ1n) is 5.42. The Kier molecular flexibility index (Phi) is 3.02. The second-order valence-electron chi connectivity index (χ2n) is 3.79. The molecule has 19 heavy (non-hydrogen) atoms. The quantitative estimate of drug-likeness (QED) is 0.447. The summed E-state index contributed by atoms with van der Waals surface area (Å²) in [7, 11) is 0. The second kappa shape index (κ2) is 4.83. The molecule has 0 amide bonds. The van der Waals surface area contributed by atoms with Crippen molar-refractivity contribution in [1.82, 2.24) is 7.96 Å². The van der Waals surface area contributed by atoms with Crippen molar-refractivity contribution in [3.05, 3.63) is 46.2 Å². The second-order valence-corrected chi connectivity index (χ2v) is 4.90. The van der Waals surface area contributed by atoms with E-state index in [9.17, 15) is 10.1 Å². The van der Waals surface area contributed by atoms with Crippen molar-refractivity contribution in [1.29, 1.82) is 0 Å². The van der Waals surface area contributed by atoms with E-state index < -0.39 is 4.92 Å². The van der Waals surface area contributed by atoms with Crippen LogP contribution in [0.5, 0.6) is 0 Å². The van der Waals surface area contributed by atoms with Crippen molar-refractivity contribution in [2.24, 2.45) is 0 Å². The predicted molar refractivity (Wildman–Crippen MR) is 69.2 cm³/mol. The van der Waals surface area contributed by atoms with Crippen LogP contribution in [-0.2, 0) is 6.54 Å². The van der Waals surface area contributed by atoms with Crippen molar-refractivity contribution in [3.8, 4) is 0 Å². The van der Waals surface area contributed by atoms with Gasteiger partial charge in [-0.2, -0.15) is 0 Å². The molecule has 1 aromatic carbocycles. The summed E-state index contributed by atoms with van der Waals surface area (Å²) in [5.74, 6) is 0.253. The first-order chi connectivity index (χ1) is 9.24. The zero-order valence-electron chi connectivity index (χ0n) is 9.57. The average molecular weight is 323 g/mol. The van der Waals surface area contributed by atoms with Crippen LogP contribution in [0.1, 0.15) is 5.76 Å². The third-order valence-corrected chi connectivity index (χ3v) is 3.70. The molecule has 2 aromatic heterocycles. The molecule has 0 spiro atoms. The van der Waals surface area contributed by atoms with Crippen LogP contribution >= 0.6 is 0 Å². The molecule has 0 atom stereocenters. The minimum absolute atomic E-state index is 0.0798. The fourth-order valence-electron chi connectivity index (χ4n) is 1.69. The molecule has 96 valence electrons. The van der Waals surface area contributed by atoms with Gasteiger partial charge in [0.25, 0.3) is 0 Å². The van der Waals surface area contributed by atoms with Gasteiger partial charge in [-0.05, 0) is 0 Å². The molecule has 3 aromatic rings. The number of fused-ring (bicyclic) bond motifs is 1. The van der Waals surface area contributed by atoms with E-state index in [4.69, 9.17) is 4.42 Å². The van der Waals surface area contributed by atoms with Gasteiger partial charge in [0.15, 0.2) is 0 Å². The Morgan fingerprint density at radius 1 is 1.32 bits per heavy atom. The molecule has 3 rings (SSSR count). The standard InChI is InChI=1S/C11H8N4O3Se/c16-15(17)10-5-4-7(18-10)6-12-8-2-1-3-9-11(8)14-19-13-9/h1-5,12H,6H2. The van der Waals surface area contributed by atoms with Gasteiger partial charge in [-0.25, -0.2) is 0 Å². The van der Waals surface area contributed by atoms with Crippen LogP contribution in [0.3, 0.4) is 0 Å². The molecule has 7 nitrogen and oxygen atoms in total. The molecule has 1 N–H and O–H groups in total. The van der Waals surface area contributed by atoms with Crippen LogP contribution in [-0.4, -0.2) is 27.8 Å². The predicted octanol–water partition coefficient (Wildman–Crippen LogP) is 1.80. The Bertz CT molecular complexity index is 736. The number of furan rings is 1. The van der Waals surface area contributed by atoms with E-state index in [2.05, 4.69) is 13.3 Å². The van der Waals surface area contributed by atoms with Crippen LogP contribution in [0.15, 0.2) is 34.7 Å². The molecule has 8 heteroatoms. The van der Waals surface area contributed by atoms with Gasteiger partial charge in [-0.15, -0.1) is 0 Å². The number of hydrogen-bond acceptors (Lipinski definition) is 6. The van der Waals surface area contributed by atoms with Crippen LogP contribution < -0.4 is 5.32 Å². The minimum atomic E-state index is -0.555. The van der Waals surface area contributed by atoms with Gasteiger partial charge in [0.2, 0.25) is 0 Å². The van der Waals surface area contributed by atoms with E-state index in [1.54, 1.807) is 6.07 Å². The van der Waals surface area contributed by atoms with Crippen LogP contribution in [0.4, 0.5) is 11.6 Å². The molecule has 2 heterocycles. The number of benzene rings is 1. The summed E-state index contributed by atoms with van der Waals surface area (Å²) in [5.41, 5.74) is 2.60. The van der Waals surface area contributed by atoms with Crippen molar-refractivity contribution in [2.45, 2.75) is 6.54 Å². The number of rotatable bonds is 4. The number of nitrogens with zero attached hydrogens (tertiary/aromatic N) is 3. The molecular formula is C11H8N4O3Se. The van der Waals surface area contributed by atoms with E-state index in [0.717, 1.165) is 16.7 Å². The zero-order chi connectivity index (χ0) is 13.2. The summed E-state index contributed by atoms with van der Waals surface area (Å²) in [4.78, 5) is 9.95. The fraction of sp³-hybridized carbons (Fsp3) is 0.0909. The Morgan fingerprint density at radius 3 is 3.00 bits per heavy atom. The van der Waals surface area contributed by atoms with Gasteiger partial charge in [0.1, 0.15) is 0 Å². The summed E-state index contributed by atoms with van der Waals surface area (Å²) >= 11 is -0.0798. The summed E-state index contributed by atoms with van der Waals surface area (Å²) in [6.07, 6.45) is 0. The van der Waals surface area contributed by atoms with Crippen molar-refractivity contribution in [3.63, 3.8) is 0 Å². The van der Waals surface area contributed by atoms with E-state index in [0.29, 0.717) is 12.3 Å². The third kappa shape index (κ3) is 2.35. The Morgan fingerprint density at radius 2 is 2.21 bits per heavy atom. The Labute approximate surface area is 113 Å².